The van der Waals surface area contributed by atoms with E-state index in [4.69, 9.17) is 20.7 Å². The first-order chi connectivity index (χ1) is 8.99. The molecule has 0 aliphatic rings. The van der Waals surface area contributed by atoms with Crippen LogP contribution in [0.2, 0.25) is 0 Å². The number of hydrogen-bond donors (Lipinski definition) is 4. The van der Waals surface area contributed by atoms with Crippen molar-refractivity contribution >= 4 is 17.9 Å². The van der Waals surface area contributed by atoms with Crippen molar-refractivity contribution in [2.24, 2.45) is 5.73 Å². The number of rotatable bonds is 8. The molecule has 0 aromatic heterocycles. The van der Waals surface area contributed by atoms with Gasteiger partial charge in [-0.05, 0) is 40.2 Å². The van der Waals surface area contributed by atoms with Crippen molar-refractivity contribution in [3.8, 4) is 0 Å². The molecule has 0 aliphatic carbocycles. The van der Waals surface area contributed by atoms with Crippen LogP contribution in [0.5, 0.6) is 0 Å². The largest absolute Gasteiger partial charge is 0.480 e. The van der Waals surface area contributed by atoms with Crippen LogP contribution in [0.3, 0.4) is 0 Å². The number of esters is 1. The number of nitrogens with one attached hydrogen (secondary N) is 1. The van der Waals surface area contributed by atoms with Crippen molar-refractivity contribution in [3.63, 3.8) is 0 Å². The number of carbonyl (C=O) groups is 3. The van der Waals surface area contributed by atoms with Crippen molar-refractivity contribution in [2.45, 2.75) is 44.8 Å². The van der Waals surface area contributed by atoms with Gasteiger partial charge in [-0.3, -0.25) is 4.79 Å². The lowest BCUT2D eigenvalue weighted by molar-refractivity contribution is -0.169. The van der Waals surface area contributed by atoms with Gasteiger partial charge in [-0.15, -0.1) is 0 Å². The Morgan fingerprint density at radius 2 is 1.75 bits per heavy atom. The molecule has 0 aromatic rings. The standard InChI is InChI=1S/C12H22N2O6/c1-11(2,3)20-10(19)12(13,9(17)18)5-4-6-14-7-8(15)16/h14H,4-7,13H2,1-3H3,(H,15,16)(H,17,18)/t12-/m1/s1. The van der Waals surface area contributed by atoms with E-state index < -0.39 is 29.0 Å². The molecule has 0 amide bonds. The van der Waals surface area contributed by atoms with E-state index in [2.05, 4.69) is 5.32 Å². The molecule has 8 nitrogen and oxygen atoms in total. The summed E-state index contributed by atoms with van der Waals surface area (Å²) in [6.45, 7) is 4.84. The quantitative estimate of drug-likeness (QED) is 0.268. The fraction of sp³-hybridized carbons (Fsp3) is 0.750. The fourth-order valence-electron chi connectivity index (χ4n) is 1.35. The Hall–Kier alpha value is -1.67. The first-order valence-corrected chi connectivity index (χ1v) is 6.17. The molecule has 1 atom stereocenters. The third-order valence-corrected chi connectivity index (χ3v) is 2.35. The van der Waals surface area contributed by atoms with Gasteiger partial charge in [0.25, 0.3) is 0 Å². The molecule has 8 heteroatoms. The average molecular weight is 290 g/mol. The summed E-state index contributed by atoms with van der Waals surface area (Å²) < 4.78 is 5.00. The molecule has 0 radical (unpaired) electrons. The summed E-state index contributed by atoms with van der Waals surface area (Å²) in [5, 5.41) is 20.1. The van der Waals surface area contributed by atoms with Crippen molar-refractivity contribution in [1.29, 1.82) is 0 Å². The van der Waals surface area contributed by atoms with Crippen molar-refractivity contribution in [2.75, 3.05) is 13.1 Å². The van der Waals surface area contributed by atoms with Crippen LogP contribution in [0.1, 0.15) is 33.6 Å². The number of carbonyl (C=O) groups excluding carboxylic acids is 1. The van der Waals surface area contributed by atoms with Crippen LogP contribution >= 0.6 is 0 Å². The molecule has 0 fully saturated rings. The van der Waals surface area contributed by atoms with Crippen molar-refractivity contribution in [1.82, 2.24) is 5.32 Å². The molecule has 116 valence electrons. The van der Waals surface area contributed by atoms with E-state index in [-0.39, 0.29) is 25.9 Å². The molecular formula is C12H22N2O6. The minimum atomic E-state index is -2.13. The first kappa shape index (κ1) is 18.3. The summed E-state index contributed by atoms with van der Waals surface area (Å²) in [5.74, 6) is -3.49. The maximum Gasteiger partial charge on any atom is 0.338 e. The second-order valence-electron chi connectivity index (χ2n) is 5.45. The van der Waals surface area contributed by atoms with Crippen LogP contribution in [0.15, 0.2) is 0 Å². The molecule has 20 heavy (non-hydrogen) atoms. The number of carboxylic acids is 2. The molecule has 0 spiro atoms. The summed E-state index contributed by atoms with van der Waals surface area (Å²) in [4.78, 5) is 33.3. The predicted octanol–water partition coefficient (Wildman–Crippen LogP) is -0.435. The van der Waals surface area contributed by atoms with E-state index in [0.29, 0.717) is 0 Å². The molecule has 0 unspecified atom stereocenters. The second kappa shape index (κ2) is 7.20. The lowest BCUT2D eigenvalue weighted by atomic mass is 9.94. The zero-order chi connectivity index (χ0) is 16.0. The van der Waals surface area contributed by atoms with Crippen molar-refractivity contribution in [3.05, 3.63) is 0 Å². The Morgan fingerprint density at radius 1 is 1.20 bits per heavy atom. The smallest absolute Gasteiger partial charge is 0.338 e. The number of ether oxygens (including phenoxy) is 1. The molecule has 0 rings (SSSR count). The Balaban J connectivity index is 4.50. The summed E-state index contributed by atoms with van der Waals surface area (Å²) in [6.07, 6.45) is 0.0825. The monoisotopic (exact) mass is 290 g/mol. The molecule has 0 aromatic carbocycles. The summed E-state index contributed by atoms with van der Waals surface area (Å²) >= 11 is 0. The van der Waals surface area contributed by atoms with E-state index in [1.165, 1.54) is 0 Å². The minimum absolute atomic E-state index is 0.149. The van der Waals surface area contributed by atoms with E-state index in [1.54, 1.807) is 20.8 Å². The van der Waals surface area contributed by atoms with Gasteiger partial charge in [0.15, 0.2) is 0 Å². The zero-order valence-electron chi connectivity index (χ0n) is 11.9. The van der Waals surface area contributed by atoms with Gasteiger partial charge < -0.3 is 26.0 Å². The molecule has 5 N–H and O–H groups in total. The Labute approximate surface area is 117 Å². The van der Waals surface area contributed by atoms with E-state index in [0.717, 1.165) is 0 Å². The summed E-state index contributed by atoms with van der Waals surface area (Å²) in [6, 6.07) is 0. The lowest BCUT2D eigenvalue weighted by Gasteiger charge is -2.28. The van der Waals surface area contributed by atoms with Crippen LogP contribution in [0.4, 0.5) is 0 Å². The number of carboxylic acid groups (broad SMARTS) is 2. The van der Waals surface area contributed by atoms with Gasteiger partial charge in [0.2, 0.25) is 5.54 Å². The SMILES string of the molecule is CC(C)(C)OC(=O)[C@@](N)(CCCNCC(=O)O)C(=O)O. The van der Waals surface area contributed by atoms with Gasteiger partial charge in [0.1, 0.15) is 5.60 Å². The second-order valence-corrected chi connectivity index (χ2v) is 5.45. The minimum Gasteiger partial charge on any atom is -0.480 e. The highest BCUT2D eigenvalue weighted by Crippen LogP contribution is 2.17. The van der Waals surface area contributed by atoms with Crippen LogP contribution < -0.4 is 11.1 Å². The van der Waals surface area contributed by atoms with E-state index >= 15 is 0 Å². The van der Waals surface area contributed by atoms with Gasteiger partial charge in [-0.1, -0.05) is 0 Å². The van der Waals surface area contributed by atoms with Crippen molar-refractivity contribution < 1.29 is 29.3 Å². The Kier molecular flexibility index (Phi) is 6.60. The number of hydrogen-bond acceptors (Lipinski definition) is 6. The summed E-state index contributed by atoms with van der Waals surface area (Å²) in [7, 11) is 0. The Bertz CT molecular complexity index is 377. The van der Waals surface area contributed by atoms with Gasteiger partial charge in [0.05, 0.1) is 6.54 Å². The first-order valence-electron chi connectivity index (χ1n) is 6.17. The van der Waals surface area contributed by atoms with Crippen LogP contribution in [0.25, 0.3) is 0 Å². The van der Waals surface area contributed by atoms with Gasteiger partial charge in [0, 0.05) is 0 Å². The molecule has 0 aliphatic heterocycles. The number of nitrogens with two attached hydrogens (primary N) is 1. The van der Waals surface area contributed by atoms with Gasteiger partial charge in [-0.2, -0.15) is 0 Å². The van der Waals surface area contributed by atoms with Crippen LogP contribution in [-0.4, -0.2) is 52.4 Å². The molecule has 0 heterocycles. The molecule has 0 bridgehead atoms. The number of aliphatic carboxylic acids is 2. The third-order valence-electron chi connectivity index (χ3n) is 2.35. The molecular weight excluding hydrogens is 268 g/mol. The van der Waals surface area contributed by atoms with Gasteiger partial charge >= 0.3 is 17.9 Å². The normalized spacial score (nSPS) is 14.4. The molecule has 0 saturated carbocycles. The molecule has 0 saturated heterocycles. The van der Waals surface area contributed by atoms with E-state index in [1.807, 2.05) is 0 Å². The van der Waals surface area contributed by atoms with E-state index in [9.17, 15) is 14.4 Å². The highest BCUT2D eigenvalue weighted by atomic mass is 16.6. The topological polar surface area (TPSA) is 139 Å². The highest BCUT2D eigenvalue weighted by Gasteiger charge is 2.44. The fourth-order valence-corrected chi connectivity index (χ4v) is 1.35. The van der Waals surface area contributed by atoms with Crippen LogP contribution in [0, 0.1) is 0 Å². The van der Waals surface area contributed by atoms with Gasteiger partial charge in [-0.25, -0.2) is 9.59 Å². The highest BCUT2D eigenvalue weighted by molar-refractivity contribution is 6.03. The third kappa shape index (κ3) is 6.48. The summed E-state index contributed by atoms with van der Waals surface area (Å²) in [5.41, 5.74) is 2.65. The lowest BCUT2D eigenvalue weighted by Crippen LogP contribution is -2.57. The maximum atomic E-state index is 11.9. The Morgan fingerprint density at radius 3 is 2.15 bits per heavy atom. The van der Waals surface area contributed by atoms with Crippen LogP contribution in [-0.2, 0) is 19.1 Å². The predicted molar refractivity (Wildman–Crippen MR) is 70.1 cm³/mol. The average Bonchev–Trinajstić information content (AvgIpc) is 2.24. The zero-order valence-corrected chi connectivity index (χ0v) is 11.9. The maximum absolute atomic E-state index is 11.9.